The van der Waals surface area contributed by atoms with E-state index in [0.717, 1.165) is 17.7 Å². The van der Waals surface area contributed by atoms with Gasteiger partial charge in [-0.25, -0.2) is 0 Å². The number of hydrogen-bond acceptors (Lipinski definition) is 3. The molecule has 0 bridgehead atoms. The number of rotatable bonds is 3. The van der Waals surface area contributed by atoms with Crippen molar-refractivity contribution in [2.24, 2.45) is 0 Å². The average Bonchev–Trinajstić information content (AvgIpc) is 2.86. The van der Waals surface area contributed by atoms with Gasteiger partial charge in [0.2, 0.25) is 0 Å². The lowest BCUT2D eigenvalue weighted by Gasteiger charge is -2.10. The summed E-state index contributed by atoms with van der Waals surface area (Å²) in [5, 5.41) is 2.92. The smallest absolute Gasteiger partial charge is 0.265 e. The van der Waals surface area contributed by atoms with Crippen molar-refractivity contribution in [3.8, 4) is 0 Å². The molecular formula is C19H22N2O2S. The number of carbonyl (C=O) groups is 2. The molecule has 1 heterocycles. The van der Waals surface area contributed by atoms with Crippen LogP contribution in [0.3, 0.4) is 0 Å². The monoisotopic (exact) mass is 342 g/mol. The van der Waals surface area contributed by atoms with Crippen molar-refractivity contribution in [3.05, 3.63) is 51.2 Å². The maximum atomic E-state index is 12.5. The van der Waals surface area contributed by atoms with E-state index in [-0.39, 0.29) is 11.8 Å². The number of carbonyl (C=O) groups excluding carboxylic acids is 2. The zero-order valence-electron chi connectivity index (χ0n) is 14.1. The highest BCUT2D eigenvalue weighted by molar-refractivity contribution is 7.14. The van der Waals surface area contributed by atoms with Gasteiger partial charge in [-0.3, -0.25) is 9.59 Å². The van der Waals surface area contributed by atoms with Gasteiger partial charge in [-0.15, -0.1) is 11.3 Å². The maximum Gasteiger partial charge on any atom is 0.265 e. The van der Waals surface area contributed by atoms with Crippen LogP contribution in [0.25, 0.3) is 0 Å². The Bertz CT molecular complexity index is 724. The Kier molecular flexibility index (Phi) is 5.00. The molecule has 0 radical (unpaired) electrons. The topological polar surface area (TPSA) is 49.4 Å². The molecular weight excluding hydrogens is 320 g/mol. The molecule has 2 amide bonds. The van der Waals surface area contributed by atoms with Crippen molar-refractivity contribution >= 4 is 28.8 Å². The SMILES string of the molecule is CN(C)C(=O)c1ccc(NC(=O)c2cc3c(s2)CCCCC3)cc1. The van der Waals surface area contributed by atoms with Gasteiger partial charge in [0.1, 0.15) is 0 Å². The standard InChI is InChI=1S/C19H22N2O2S/c1-21(2)19(23)13-8-10-15(11-9-13)20-18(22)17-12-14-6-4-3-5-7-16(14)24-17/h8-12H,3-7H2,1-2H3,(H,20,22). The van der Waals surface area contributed by atoms with Crippen LogP contribution >= 0.6 is 11.3 Å². The molecule has 126 valence electrons. The summed E-state index contributed by atoms with van der Waals surface area (Å²) >= 11 is 1.62. The molecule has 1 N–H and O–H groups in total. The van der Waals surface area contributed by atoms with Crippen LogP contribution in [-0.4, -0.2) is 30.8 Å². The Balaban J connectivity index is 1.70. The van der Waals surface area contributed by atoms with E-state index in [9.17, 15) is 9.59 Å². The number of nitrogens with one attached hydrogen (secondary N) is 1. The van der Waals surface area contributed by atoms with E-state index < -0.39 is 0 Å². The van der Waals surface area contributed by atoms with Gasteiger partial charge in [0.05, 0.1) is 4.88 Å². The first kappa shape index (κ1) is 16.7. The molecule has 0 unspecified atom stereocenters. The van der Waals surface area contributed by atoms with Crippen molar-refractivity contribution in [3.63, 3.8) is 0 Å². The lowest BCUT2D eigenvalue weighted by Crippen LogP contribution is -2.21. The maximum absolute atomic E-state index is 12.5. The molecule has 2 aromatic rings. The van der Waals surface area contributed by atoms with Gasteiger partial charge in [0.25, 0.3) is 11.8 Å². The molecule has 0 saturated carbocycles. The lowest BCUT2D eigenvalue weighted by molar-refractivity contribution is 0.0827. The molecule has 0 fully saturated rings. The Morgan fingerprint density at radius 3 is 2.46 bits per heavy atom. The highest BCUT2D eigenvalue weighted by Crippen LogP contribution is 2.29. The first-order valence-electron chi connectivity index (χ1n) is 8.29. The van der Waals surface area contributed by atoms with Crippen LogP contribution in [0.5, 0.6) is 0 Å². The van der Waals surface area contributed by atoms with E-state index in [1.54, 1.807) is 49.7 Å². The molecule has 4 nitrogen and oxygen atoms in total. The first-order chi connectivity index (χ1) is 11.5. The normalized spacial score (nSPS) is 13.8. The fourth-order valence-electron chi connectivity index (χ4n) is 2.93. The van der Waals surface area contributed by atoms with Gasteiger partial charge in [0, 0.05) is 30.2 Å². The number of thiophene rings is 1. The highest BCUT2D eigenvalue weighted by atomic mass is 32.1. The van der Waals surface area contributed by atoms with Gasteiger partial charge >= 0.3 is 0 Å². The van der Waals surface area contributed by atoms with Crippen LogP contribution in [0.1, 0.15) is 49.7 Å². The molecule has 0 atom stereocenters. The Morgan fingerprint density at radius 1 is 1.04 bits per heavy atom. The van der Waals surface area contributed by atoms with E-state index in [1.807, 2.05) is 6.07 Å². The van der Waals surface area contributed by atoms with Crippen molar-refractivity contribution < 1.29 is 9.59 Å². The summed E-state index contributed by atoms with van der Waals surface area (Å²) in [6, 6.07) is 9.06. The Morgan fingerprint density at radius 2 is 1.75 bits per heavy atom. The third-order valence-electron chi connectivity index (χ3n) is 4.27. The van der Waals surface area contributed by atoms with E-state index in [1.165, 1.54) is 34.6 Å². The summed E-state index contributed by atoms with van der Waals surface area (Å²) in [6.07, 6.45) is 5.89. The van der Waals surface area contributed by atoms with Crippen molar-refractivity contribution in [1.82, 2.24) is 4.90 Å². The number of amides is 2. The van der Waals surface area contributed by atoms with E-state index in [4.69, 9.17) is 0 Å². The number of aryl methyl sites for hydroxylation is 2. The van der Waals surface area contributed by atoms with Crippen molar-refractivity contribution in [1.29, 1.82) is 0 Å². The third kappa shape index (κ3) is 3.67. The number of benzene rings is 1. The summed E-state index contributed by atoms with van der Waals surface area (Å²) in [6.45, 7) is 0. The average molecular weight is 342 g/mol. The van der Waals surface area contributed by atoms with E-state index in [0.29, 0.717) is 11.3 Å². The minimum Gasteiger partial charge on any atom is -0.345 e. The summed E-state index contributed by atoms with van der Waals surface area (Å²) in [7, 11) is 3.44. The zero-order chi connectivity index (χ0) is 17.1. The summed E-state index contributed by atoms with van der Waals surface area (Å²) in [5.41, 5.74) is 2.66. The minimum atomic E-state index is -0.0697. The van der Waals surface area contributed by atoms with Gasteiger partial charge < -0.3 is 10.2 Å². The molecule has 0 saturated heterocycles. The van der Waals surface area contributed by atoms with Gasteiger partial charge in [-0.05, 0) is 61.6 Å². The summed E-state index contributed by atoms with van der Waals surface area (Å²) < 4.78 is 0. The minimum absolute atomic E-state index is 0.0464. The fraction of sp³-hybridized carbons (Fsp3) is 0.368. The number of anilines is 1. The summed E-state index contributed by atoms with van der Waals surface area (Å²) in [4.78, 5) is 28.0. The second kappa shape index (κ2) is 7.18. The second-order valence-corrected chi connectivity index (χ2v) is 7.49. The quantitative estimate of drug-likeness (QED) is 0.858. The molecule has 1 aliphatic carbocycles. The van der Waals surface area contributed by atoms with E-state index >= 15 is 0 Å². The number of hydrogen-bond donors (Lipinski definition) is 1. The second-order valence-electron chi connectivity index (χ2n) is 6.35. The molecule has 3 rings (SSSR count). The number of fused-ring (bicyclic) bond motifs is 1. The Labute approximate surface area is 146 Å². The highest BCUT2D eigenvalue weighted by Gasteiger charge is 2.16. The van der Waals surface area contributed by atoms with Gasteiger partial charge in [-0.1, -0.05) is 6.42 Å². The predicted molar refractivity (Wildman–Crippen MR) is 98.0 cm³/mol. The zero-order valence-corrected chi connectivity index (χ0v) is 14.9. The van der Waals surface area contributed by atoms with Crippen LogP contribution < -0.4 is 5.32 Å². The van der Waals surface area contributed by atoms with Crippen molar-refractivity contribution in [2.75, 3.05) is 19.4 Å². The lowest BCUT2D eigenvalue weighted by atomic mass is 10.1. The molecule has 1 aromatic heterocycles. The fourth-order valence-corrected chi connectivity index (χ4v) is 4.08. The van der Waals surface area contributed by atoms with Gasteiger partial charge in [-0.2, -0.15) is 0 Å². The van der Waals surface area contributed by atoms with Gasteiger partial charge in [0.15, 0.2) is 0 Å². The predicted octanol–water partition coefficient (Wildman–Crippen LogP) is 3.97. The van der Waals surface area contributed by atoms with Crippen LogP contribution in [0.15, 0.2) is 30.3 Å². The van der Waals surface area contributed by atoms with E-state index in [2.05, 4.69) is 5.32 Å². The molecule has 0 aliphatic heterocycles. The molecule has 5 heteroatoms. The van der Waals surface area contributed by atoms with Crippen LogP contribution in [0, 0.1) is 0 Å². The van der Waals surface area contributed by atoms with Crippen LogP contribution in [0.4, 0.5) is 5.69 Å². The number of nitrogens with zero attached hydrogens (tertiary/aromatic N) is 1. The molecule has 1 aromatic carbocycles. The summed E-state index contributed by atoms with van der Waals surface area (Å²) in [5.74, 6) is -0.116. The first-order valence-corrected chi connectivity index (χ1v) is 9.11. The third-order valence-corrected chi connectivity index (χ3v) is 5.50. The largest absolute Gasteiger partial charge is 0.345 e. The van der Waals surface area contributed by atoms with Crippen LogP contribution in [0.2, 0.25) is 0 Å². The molecule has 1 aliphatic rings. The molecule has 24 heavy (non-hydrogen) atoms. The Hall–Kier alpha value is -2.14. The van der Waals surface area contributed by atoms with Crippen molar-refractivity contribution in [2.45, 2.75) is 32.1 Å². The van der Waals surface area contributed by atoms with Crippen LogP contribution in [-0.2, 0) is 12.8 Å². The molecule has 0 spiro atoms.